The largest absolute Gasteiger partial charge is 0.399 e. The summed E-state index contributed by atoms with van der Waals surface area (Å²) < 4.78 is 0. The van der Waals surface area contributed by atoms with E-state index in [1.807, 2.05) is 6.07 Å². The first kappa shape index (κ1) is 9.59. The highest BCUT2D eigenvalue weighted by Gasteiger charge is 1.97. The van der Waals surface area contributed by atoms with Gasteiger partial charge in [-0.05, 0) is 43.0 Å². The number of rotatable bonds is 3. The lowest BCUT2D eigenvalue weighted by Crippen LogP contribution is -1.93. The minimum Gasteiger partial charge on any atom is -0.399 e. The maximum Gasteiger partial charge on any atom is 0.0316 e. The van der Waals surface area contributed by atoms with Gasteiger partial charge in [0.05, 0.1) is 0 Å². The van der Waals surface area contributed by atoms with E-state index in [1.54, 1.807) is 0 Å². The van der Waals surface area contributed by atoms with Crippen molar-refractivity contribution in [3.05, 3.63) is 29.3 Å². The predicted molar refractivity (Wildman–Crippen MR) is 57.7 cm³/mol. The van der Waals surface area contributed by atoms with E-state index in [0.717, 1.165) is 17.4 Å². The quantitative estimate of drug-likeness (QED) is 0.624. The van der Waals surface area contributed by atoms with Crippen LogP contribution in [0.15, 0.2) is 18.2 Å². The first-order valence-electron chi connectivity index (χ1n) is 4.15. The zero-order valence-corrected chi connectivity index (χ0v) is 8.89. The molecule has 0 spiro atoms. The van der Waals surface area contributed by atoms with Crippen LogP contribution in [-0.4, -0.2) is 5.33 Å². The summed E-state index contributed by atoms with van der Waals surface area (Å²) in [6.45, 7) is 2.13. The fourth-order valence-electron chi connectivity index (χ4n) is 1.22. The summed E-state index contributed by atoms with van der Waals surface area (Å²) in [4.78, 5) is 0. The van der Waals surface area contributed by atoms with Gasteiger partial charge in [0.25, 0.3) is 0 Å². The average molecular weight is 228 g/mol. The fraction of sp³-hybridized carbons (Fsp3) is 0.400. The molecule has 0 heterocycles. The Morgan fingerprint density at radius 1 is 1.42 bits per heavy atom. The maximum atomic E-state index is 5.69. The molecule has 2 N–H and O–H groups in total. The monoisotopic (exact) mass is 227 g/mol. The van der Waals surface area contributed by atoms with Gasteiger partial charge in [-0.3, -0.25) is 0 Å². The third kappa shape index (κ3) is 2.52. The zero-order valence-electron chi connectivity index (χ0n) is 7.31. The van der Waals surface area contributed by atoms with Crippen LogP contribution in [0.2, 0.25) is 0 Å². The van der Waals surface area contributed by atoms with Crippen molar-refractivity contribution in [2.75, 3.05) is 11.1 Å². The highest BCUT2D eigenvalue weighted by atomic mass is 79.9. The van der Waals surface area contributed by atoms with Crippen LogP contribution in [0.1, 0.15) is 17.5 Å². The van der Waals surface area contributed by atoms with E-state index in [9.17, 15) is 0 Å². The molecule has 1 nitrogen and oxygen atoms in total. The second kappa shape index (κ2) is 4.51. The fourth-order valence-corrected chi connectivity index (χ4v) is 1.50. The summed E-state index contributed by atoms with van der Waals surface area (Å²) in [5, 5.41) is 1.06. The van der Waals surface area contributed by atoms with Gasteiger partial charge in [0.1, 0.15) is 0 Å². The van der Waals surface area contributed by atoms with Crippen molar-refractivity contribution in [1.82, 2.24) is 0 Å². The minimum atomic E-state index is 0.866. The molecule has 2 heteroatoms. The van der Waals surface area contributed by atoms with Gasteiger partial charge in [-0.2, -0.15) is 0 Å². The van der Waals surface area contributed by atoms with Gasteiger partial charge < -0.3 is 5.73 Å². The minimum absolute atomic E-state index is 0.866. The number of nitrogens with two attached hydrogens (primary N) is 1. The Bertz CT molecular complexity index is 258. The number of alkyl halides is 1. The van der Waals surface area contributed by atoms with Crippen LogP contribution in [0, 0.1) is 6.92 Å². The molecular formula is C10H14BrN. The number of halogens is 1. The maximum absolute atomic E-state index is 5.69. The molecule has 1 rings (SSSR count). The molecule has 0 aliphatic heterocycles. The summed E-state index contributed by atoms with van der Waals surface area (Å²) >= 11 is 3.42. The van der Waals surface area contributed by atoms with E-state index in [2.05, 4.69) is 35.0 Å². The van der Waals surface area contributed by atoms with Crippen LogP contribution >= 0.6 is 15.9 Å². The number of hydrogen-bond donors (Lipinski definition) is 1. The van der Waals surface area contributed by atoms with E-state index in [-0.39, 0.29) is 0 Å². The molecule has 0 bridgehead atoms. The van der Waals surface area contributed by atoms with Gasteiger partial charge in [-0.25, -0.2) is 0 Å². The average Bonchev–Trinajstić information content (AvgIpc) is 2.07. The Labute approximate surface area is 82.1 Å². The summed E-state index contributed by atoms with van der Waals surface area (Å²) in [7, 11) is 0. The first-order valence-corrected chi connectivity index (χ1v) is 5.27. The van der Waals surface area contributed by atoms with Crippen molar-refractivity contribution in [2.24, 2.45) is 0 Å². The number of nitrogen functional groups attached to an aromatic ring is 1. The molecule has 0 radical (unpaired) electrons. The molecule has 1 aromatic carbocycles. The molecular weight excluding hydrogens is 214 g/mol. The molecule has 0 aromatic heterocycles. The molecule has 0 aliphatic carbocycles. The number of aryl methyl sites for hydroxylation is 2. The van der Waals surface area contributed by atoms with E-state index in [4.69, 9.17) is 5.73 Å². The lowest BCUT2D eigenvalue weighted by Gasteiger charge is -2.05. The predicted octanol–water partition coefficient (Wildman–Crippen LogP) is 2.90. The Balaban J connectivity index is 2.75. The molecule has 0 saturated carbocycles. The van der Waals surface area contributed by atoms with Crippen LogP contribution in [0.3, 0.4) is 0 Å². The third-order valence-electron chi connectivity index (χ3n) is 1.95. The van der Waals surface area contributed by atoms with Gasteiger partial charge in [-0.1, -0.05) is 22.0 Å². The lowest BCUT2D eigenvalue weighted by molar-refractivity contribution is 0.930. The van der Waals surface area contributed by atoms with Gasteiger partial charge in [-0.15, -0.1) is 0 Å². The zero-order chi connectivity index (χ0) is 8.97. The molecule has 0 saturated heterocycles. The van der Waals surface area contributed by atoms with E-state index >= 15 is 0 Å². The smallest absolute Gasteiger partial charge is 0.0316 e. The van der Waals surface area contributed by atoms with E-state index in [1.165, 1.54) is 17.5 Å². The Kier molecular flexibility index (Phi) is 3.60. The first-order chi connectivity index (χ1) is 5.74. The molecule has 0 atom stereocenters. The third-order valence-corrected chi connectivity index (χ3v) is 2.51. The topological polar surface area (TPSA) is 26.0 Å². The second-order valence-electron chi connectivity index (χ2n) is 2.98. The van der Waals surface area contributed by atoms with Gasteiger partial charge in [0.15, 0.2) is 0 Å². The molecule has 12 heavy (non-hydrogen) atoms. The van der Waals surface area contributed by atoms with Crippen molar-refractivity contribution >= 4 is 21.6 Å². The normalized spacial score (nSPS) is 10.2. The summed E-state index contributed by atoms with van der Waals surface area (Å²) in [6.07, 6.45) is 2.28. The van der Waals surface area contributed by atoms with Crippen LogP contribution in [0.5, 0.6) is 0 Å². The van der Waals surface area contributed by atoms with Crippen molar-refractivity contribution < 1.29 is 0 Å². The van der Waals surface area contributed by atoms with Gasteiger partial charge >= 0.3 is 0 Å². The molecule has 66 valence electrons. The van der Waals surface area contributed by atoms with E-state index < -0.39 is 0 Å². The van der Waals surface area contributed by atoms with Crippen LogP contribution in [0.4, 0.5) is 5.69 Å². The highest BCUT2D eigenvalue weighted by Crippen LogP contribution is 2.14. The summed E-state index contributed by atoms with van der Waals surface area (Å²) in [5.74, 6) is 0. The Morgan fingerprint density at radius 3 is 2.83 bits per heavy atom. The highest BCUT2D eigenvalue weighted by molar-refractivity contribution is 9.09. The molecule has 0 unspecified atom stereocenters. The summed E-state index contributed by atoms with van der Waals surface area (Å²) in [5.41, 5.74) is 9.26. The van der Waals surface area contributed by atoms with E-state index in [0.29, 0.717) is 0 Å². The lowest BCUT2D eigenvalue weighted by atomic mass is 10.0. The molecule has 0 fully saturated rings. The van der Waals surface area contributed by atoms with Crippen molar-refractivity contribution in [3.63, 3.8) is 0 Å². The van der Waals surface area contributed by atoms with Crippen molar-refractivity contribution in [3.8, 4) is 0 Å². The van der Waals surface area contributed by atoms with Crippen molar-refractivity contribution in [2.45, 2.75) is 19.8 Å². The molecule has 0 aliphatic rings. The van der Waals surface area contributed by atoms with Gasteiger partial charge in [0.2, 0.25) is 0 Å². The van der Waals surface area contributed by atoms with Crippen LogP contribution in [-0.2, 0) is 6.42 Å². The summed E-state index contributed by atoms with van der Waals surface area (Å²) in [6, 6.07) is 6.10. The Hall–Kier alpha value is -0.500. The standard InChI is InChI=1S/C10H14BrN/c1-8-4-5-10(12)7-9(8)3-2-6-11/h4-5,7H,2-3,6,12H2,1H3. The second-order valence-corrected chi connectivity index (χ2v) is 3.77. The van der Waals surface area contributed by atoms with Crippen molar-refractivity contribution in [1.29, 1.82) is 0 Å². The van der Waals surface area contributed by atoms with Crippen LogP contribution in [0.25, 0.3) is 0 Å². The number of anilines is 1. The van der Waals surface area contributed by atoms with Gasteiger partial charge in [0, 0.05) is 11.0 Å². The SMILES string of the molecule is Cc1ccc(N)cc1CCCBr. The number of benzene rings is 1. The van der Waals surface area contributed by atoms with Crippen LogP contribution < -0.4 is 5.73 Å². The Morgan fingerprint density at radius 2 is 2.17 bits per heavy atom. The number of hydrogen-bond acceptors (Lipinski definition) is 1. The molecule has 1 aromatic rings. The molecule has 0 amide bonds.